The van der Waals surface area contributed by atoms with Crippen molar-refractivity contribution in [2.24, 2.45) is 5.84 Å². The average Bonchev–Trinajstić information content (AvgIpc) is 1.89. The first-order valence-corrected chi connectivity index (χ1v) is 3.42. The van der Waals surface area contributed by atoms with Crippen molar-refractivity contribution in [3.63, 3.8) is 0 Å². The Morgan fingerprint density at radius 1 is 1.67 bits per heavy atom. The lowest BCUT2D eigenvalue weighted by atomic mass is 10.1. The summed E-state index contributed by atoms with van der Waals surface area (Å²) >= 11 is 0. The van der Waals surface area contributed by atoms with E-state index in [0.29, 0.717) is 6.04 Å². The van der Waals surface area contributed by atoms with Gasteiger partial charge in [-0.2, -0.15) is 0 Å². The van der Waals surface area contributed by atoms with Crippen LogP contribution < -0.4 is 11.3 Å². The summed E-state index contributed by atoms with van der Waals surface area (Å²) in [6.07, 6.45) is 2.54. The number of nitrogens with one attached hydrogen (secondary N) is 1. The fraction of sp³-hybridized carbons (Fsp3) is 1.00. The Balaban J connectivity index is 2.30. The molecular weight excluding hydrogens is 116 g/mol. The second-order valence-corrected chi connectivity index (χ2v) is 2.49. The SMILES string of the molecule is CC1OCCCC1NN. The van der Waals surface area contributed by atoms with Crippen LogP contribution in [0.25, 0.3) is 0 Å². The maximum Gasteiger partial charge on any atom is 0.0713 e. The van der Waals surface area contributed by atoms with Gasteiger partial charge in [0.1, 0.15) is 0 Å². The summed E-state index contributed by atoms with van der Waals surface area (Å²) in [7, 11) is 0. The standard InChI is InChI=1S/C6H14N2O/c1-5-6(8-7)3-2-4-9-5/h5-6,8H,2-4,7H2,1H3. The van der Waals surface area contributed by atoms with Crippen molar-refractivity contribution in [2.75, 3.05) is 6.61 Å². The van der Waals surface area contributed by atoms with Crippen LogP contribution >= 0.6 is 0 Å². The predicted octanol–water partition coefficient (Wildman–Crippen LogP) is 0.0172. The zero-order valence-electron chi connectivity index (χ0n) is 5.76. The van der Waals surface area contributed by atoms with E-state index in [1.165, 1.54) is 0 Å². The summed E-state index contributed by atoms with van der Waals surface area (Å²) in [5, 5.41) is 0. The first-order chi connectivity index (χ1) is 4.34. The van der Waals surface area contributed by atoms with Gasteiger partial charge in [-0.1, -0.05) is 0 Å². The molecule has 0 bridgehead atoms. The van der Waals surface area contributed by atoms with Crippen LogP contribution in [0.2, 0.25) is 0 Å². The molecule has 1 aliphatic rings. The molecule has 2 unspecified atom stereocenters. The van der Waals surface area contributed by atoms with E-state index in [1.807, 2.05) is 6.92 Å². The highest BCUT2D eigenvalue weighted by Gasteiger charge is 2.19. The minimum Gasteiger partial charge on any atom is -0.377 e. The normalized spacial score (nSPS) is 36.7. The second kappa shape index (κ2) is 3.15. The minimum absolute atomic E-state index is 0.281. The average molecular weight is 130 g/mol. The highest BCUT2D eigenvalue weighted by molar-refractivity contribution is 4.74. The van der Waals surface area contributed by atoms with E-state index in [4.69, 9.17) is 10.6 Å². The molecule has 0 spiro atoms. The Morgan fingerprint density at radius 2 is 2.44 bits per heavy atom. The molecule has 0 aromatic rings. The van der Waals surface area contributed by atoms with Crippen LogP contribution in [0.5, 0.6) is 0 Å². The van der Waals surface area contributed by atoms with Crippen molar-refractivity contribution in [2.45, 2.75) is 31.9 Å². The van der Waals surface area contributed by atoms with Crippen LogP contribution in [0, 0.1) is 0 Å². The quantitative estimate of drug-likeness (QED) is 0.388. The molecule has 0 aromatic carbocycles. The molecule has 0 amide bonds. The molecule has 9 heavy (non-hydrogen) atoms. The fourth-order valence-electron chi connectivity index (χ4n) is 1.14. The van der Waals surface area contributed by atoms with Crippen LogP contribution in [-0.4, -0.2) is 18.8 Å². The molecule has 1 aliphatic heterocycles. The summed E-state index contributed by atoms with van der Waals surface area (Å²) in [6.45, 7) is 2.93. The lowest BCUT2D eigenvalue weighted by molar-refractivity contribution is 0.00302. The highest BCUT2D eigenvalue weighted by Crippen LogP contribution is 2.11. The van der Waals surface area contributed by atoms with Crippen molar-refractivity contribution in [3.05, 3.63) is 0 Å². The van der Waals surface area contributed by atoms with Gasteiger partial charge in [-0.05, 0) is 19.8 Å². The van der Waals surface area contributed by atoms with E-state index in [9.17, 15) is 0 Å². The minimum atomic E-state index is 0.281. The molecule has 3 N–H and O–H groups in total. The van der Waals surface area contributed by atoms with E-state index in [1.54, 1.807) is 0 Å². The van der Waals surface area contributed by atoms with E-state index in [2.05, 4.69) is 5.43 Å². The summed E-state index contributed by atoms with van der Waals surface area (Å²) in [4.78, 5) is 0. The molecule has 3 heteroatoms. The summed E-state index contributed by atoms with van der Waals surface area (Å²) in [5.41, 5.74) is 2.73. The fourth-order valence-corrected chi connectivity index (χ4v) is 1.14. The van der Waals surface area contributed by atoms with Crippen LogP contribution in [0.3, 0.4) is 0 Å². The maximum atomic E-state index is 5.34. The Morgan fingerprint density at radius 3 is 2.89 bits per heavy atom. The van der Waals surface area contributed by atoms with Gasteiger partial charge in [-0.25, -0.2) is 0 Å². The van der Waals surface area contributed by atoms with Crippen molar-refractivity contribution in [1.29, 1.82) is 0 Å². The smallest absolute Gasteiger partial charge is 0.0713 e. The topological polar surface area (TPSA) is 47.3 Å². The third-order valence-electron chi connectivity index (χ3n) is 1.82. The molecule has 0 radical (unpaired) electrons. The highest BCUT2D eigenvalue weighted by atomic mass is 16.5. The first-order valence-electron chi connectivity index (χ1n) is 3.42. The summed E-state index contributed by atoms with van der Waals surface area (Å²) < 4.78 is 5.34. The Hall–Kier alpha value is -0.120. The Kier molecular flexibility index (Phi) is 2.45. The van der Waals surface area contributed by atoms with Gasteiger partial charge in [0.25, 0.3) is 0 Å². The summed E-state index contributed by atoms with van der Waals surface area (Å²) in [5.74, 6) is 5.26. The maximum absolute atomic E-state index is 5.34. The molecule has 3 nitrogen and oxygen atoms in total. The van der Waals surface area contributed by atoms with Gasteiger partial charge < -0.3 is 4.74 Å². The molecule has 54 valence electrons. The van der Waals surface area contributed by atoms with Crippen molar-refractivity contribution < 1.29 is 4.74 Å². The monoisotopic (exact) mass is 130 g/mol. The summed E-state index contributed by atoms with van der Waals surface area (Å²) in [6, 6.07) is 0.360. The van der Waals surface area contributed by atoms with Crippen molar-refractivity contribution in [1.82, 2.24) is 5.43 Å². The van der Waals surface area contributed by atoms with Gasteiger partial charge in [0, 0.05) is 12.6 Å². The molecule has 1 rings (SSSR count). The second-order valence-electron chi connectivity index (χ2n) is 2.49. The number of rotatable bonds is 1. The zero-order valence-corrected chi connectivity index (χ0v) is 5.76. The van der Waals surface area contributed by atoms with E-state index >= 15 is 0 Å². The Bertz CT molecular complexity index is 87.1. The molecule has 1 saturated heterocycles. The molecule has 0 saturated carbocycles. The molecule has 1 heterocycles. The third-order valence-corrected chi connectivity index (χ3v) is 1.82. The lowest BCUT2D eigenvalue weighted by Gasteiger charge is -2.27. The van der Waals surface area contributed by atoms with Gasteiger partial charge in [0.2, 0.25) is 0 Å². The number of hydrogen-bond acceptors (Lipinski definition) is 3. The van der Waals surface area contributed by atoms with E-state index < -0.39 is 0 Å². The van der Waals surface area contributed by atoms with Crippen LogP contribution in [-0.2, 0) is 4.74 Å². The van der Waals surface area contributed by atoms with Crippen molar-refractivity contribution >= 4 is 0 Å². The largest absolute Gasteiger partial charge is 0.377 e. The van der Waals surface area contributed by atoms with Gasteiger partial charge in [0.05, 0.1) is 6.10 Å². The number of ether oxygens (including phenoxy) is 1. The van der Waals surface area contributed by atoms with Crippen LogP contribution in [0.1, 0.15) is 19.8 Å². The molecule has 0 aromatic heterocycles. The zero-order chi connectivity index (χ0) is 6.69. The molecule has 2 atom stereocenters. The van der Waals surface area contributed by atoms with Crippen LogP contribution in [0.15, 0.2) is 0 Å². The number of nitrogens with two attached hydrogens (primary N) is 1. The number of hydrazine groups is 1. The molecule has 1 fully saturated rings. The van der Waals surface area contributed by atoms with E-state index in [0.717, 1.165) is 19.4 Å². The van der Waals surface area contributed by atoms with Gasteiger partial charge >= 0.3 is 0 Å². The van der Waals surface area contributed by atoms with Crippen LogP contribution in [0.4, 0.5) is 0 Å². The third kappa shape index (κ3) is 1.64. The molecular formula is C6H14N2O. The van der Waals surface area contributed by atoms with Gasteiger partial charge in [0.15, 0.2) is 0 Å². The van der Waals surface area contributed by atoms with Gasteiger partial charge in [-0.3, -0.25) is 11.3 Å². The molecule has 0 aliphatic carbocycles. The van der Waals surface area contributed by atoms with Gasteiger partial charge in [-0.15, -0.1) is 0 Å². The van der Waals surface area contributed by atoms with E-state index in [-0.39, 0.29) is 6.10 Å². The van der Waals surface area contributed by atoms with Crippen molar-refractivity contribution in [3.8, 4) is 0 Å². The predicted molar refractivity (Wildman–Crippen MR) is 35.8 cm³/mol. The Labute approximate surface area is 55.5 Å². The first kappa shape index (κ1) is 6.99. The lowest BCUT2D eigenvalue weighted by Crippen LogP contribution is -2.46. The number of hydrogen-bond donors (Lipinski definition) is 2.